The van der Waals surface area contributed by atoms with E-state index in [2.05, 4.69) is 75.8 Å². The summed E-state index contributed by atoms with van der Waals surface area (Å²) in [5.74, 6) is 1.89. The molecule has 0 amide bonds. The number of para-hydroxylation sites is 1. The minimum absolute atomic E-state index is 0.0848. The van der Waals surface area contributed by atoms with Crippen molar-refractivity contribution in [3.8, 4) is 23.4 Å². The molecule has 0 N–H and O–H groups in total. The molecule has 0 spiro atoms. The van der Waals surface area contributed by atoms with Crippen molar-refractivity contribution in [1.29, 1.82) is 0 Å². The fraction of sp³-hybridized carbons (Fsp3) is 0.286. The first kappa shape index (κ1) is 21.8. The number of hydrogen-bond acceptors (Lipinski definition) is 4. The largest absolute Gasteiger partial charge is 0.438 e. The van der Waals surface area contributed by atoms with E-state index in [0.29, 0.717) is 11.6 Å². The number of fused-ring (bicyclic) bond motifs is 1. The Labute approximate surface area is 190 Å². The standard InChI is InChI=1S/C28H30N2O2/c1-27(2,3)19-11-15-21(16-12-19)31-25-23-9-7-8-10-24(23)29-26(30-25)32-22-17-13-20(14-18-22)28(4,5)6/h7-18H,1-6H3. The summed E-state index contributed by atoms with van der Waals surface area (Å²) in [6, 6.07) is 24.2. The minimum atomic E-state index is 0.0848. The third kappa shape index (κ3) is 4.91. The summed E-state index contributed by atoms with van der Waals surface area (Å²) in [5, 5.41) is 0.836. The van der Waals surface area contributed by atoms with Gasteiger partial charge in [0.2, 0.25) is 5.88 Å². The molecule has 0 fully saturated rings. The summed E-state index contributed by atoms with van der Waals surface area (Å²) in [4.78, 5) is 9.16. The zero-order chi connectivity index (χ0) is 22.9. The van der Waals surface area contributed by atoms with Crippen molar-refractivity contribution in [2.24, 2.45) is 0 Å². The van der Waals surface area contributed by atoms with Crippen molar-refractivity contribution < 1.29 is 9.47 Å². The van der Waals surface area contributed by atoms with E-state index < -0.39 is 0 Å². The van der Waals surface area contributed by atoms with Crippen molar-refractivity contribution in [2.75, 3.05) is 0 Å². The maximum absolute atomic E-state index is 6.17. The highest BCUT2D eigenvalue weighted by Crippen LogP contribution is 2.32. The molecule has 0 radical (unpaired) electrons. The van der Waals surface area contributed by atoms with E-state index >= 15 is 0 Å². The van der Waals surface area contributed by atoms with Crippen molar-refractivity contribution in [3.63, 3.8) is 0 Å². The summed E-state index contributed by atoms with van der Waals surface area (Å²) in [6.45, 7) is 13.1. The van der Waals surface area contributed by atoms with Crippen LogP contribution in [-0.2, 0) is 10.8 Å². The van der Waals surface area contributed by atoms with E-state index in [4.69, 9.17) is 9.47 Å². The van der Waals surface area contributed by atoms with Crippen LogP contribution < -0.4 is 9.47 Å². The lowest BCUT2D eigenvalue weighted by molar-refractivity contribution is 0.416. The Morgan fingerprint density at radius 3 is 1.59 bits per heavy atom. The molecule has 0 aliphatic rings. The second-order valence-corrected chi connectivity index (χ2v) is 10.1. The second-order valence-electron chi connectivity index (χ2n) is 10.1. The summed E-state index contributed by atoms with van der Waals surface area (Å²) in [5.41, 5.74) is 3.43. The molecule has 4 aromatic rings. The molecule has 1 aromatic heterocycles. The second kappa shape index (κ2) is 8.27. The smallest absolute Gasteiger partial charge is 0.325 e. The number of hydrogen-bond donors (Lipinski definition) is 0. The molecular formula is C28H30N2O2. The third-order valence-corrected chi connectivity index (χ3v) is 5.41. The molecule has 0 atom stereocenters. The monoisotopic (exact) mass is 426 g/mol. The van der Waals surface area contributed by atoms with E-state index in [1.165, 1.54) is 11.1 Å². The molecular weight excluding hydrogens is 396 g/mol. The van der Waals surface area contributed by atoms with Gasteiger partial charge in [0.25, 0.3) is 0 Å². The Morgan fingerprint density at radius 2 is 1.06 bits per heavy atom. The van der Waals surface area contributed by atoms with Crippen LogP contribution in [0.5, 0.6) is 23.4 Å². The Balaban J connectivity index is 1.64. The SMILES string of the molecule is CC(C)(C)c1ccc(Oc2nc(Oc3ccc(C(C)(C)C)cc3)c3ccccc3n2)cc1. The van der Waals surface area contributed by atoms with Gasteiger partial charge in [-0.3, -0.25) is 0 Å². The lowest BCUT2D eigenvalue weighted by atomic mass is 9.87. The van der Waals surface area contributed by atoms with Gasteiger partial charge in [-0.15, -0.1) is 0 Å². The third-order valence-electron chi connectivity index (χ3n) is 5.41. The van der Waals surface area contributed by atoms with Gasteiger partial charge in [-0.05, 0) is 58.4 Å². The zero-order valence-corrected chi connectivity index (χ0v) is 19.6. The molecule has 0 bridgehead atoms. The molecule has 32 heavy (non-hydrogen) atoms. The predicted molar refractivity (Wildman–Crippen MR) is 130 cm³/mol. The van der Waals surface area contributed by atoms with Gasteiger partial charge in [0.1, 0.15) is 11.5 Å². The first-order valence-corrected chi connectivity index (χ1v) is 10.9. The van der Waals surface area contributed by atoms with Crippen molar-refractivity contribution in [2.45, 2.75) is 52.4 Å². The van der Waals surface area contributed by atoms with E-state index in [0.717, 1.165) is 16.7 Å². The first-order valence-electron chi connectivity index (χ1n) is 10.9. The van der Waals surface area contributed by atoms with Gasteiger partial charge in [0, 0.05) is 0 Å². The number of nitrogens with zero attached hydrogens (tertiary/aromatic N) is 2. The van der Waals surface area contributed by atoms with Crippen LogP contribution in [0.2, 0.25) is 0 Å². The van der Waals surface area contributed by atoms with Crippen LogP contribution in [0, 0.1) is 0 Å². The molecule has 0 saturated heterocycles. The van der Waals surface area contributed by atoms with Gasteiger partial charge in [0.05, 0.1) is 10.9 Å². The topological polar surface area (TPSA) is 44.2 Å². The van der Waals surface area contributed by atoms with E-state index in [-0.39, 0.29) is 16.8 Å². The maximum atomic E-state index is 6.17. The summed E-state index contributed by atoms with van der Waals surface area (Å²) >= 11 is 0. The molecule has 0 aliphatic heterocycles. The average molecular weight is 427 g/mol. The summed E-state index contributed by atoms with van der Waals surface area (Å²) in [7, 11) is 0. The van der Waals surface area contributed by atoms with Crippen LogP contribution in [0.1, 0.15) is 52.7 Å². The molecule has 3 aromatic carbocycles. The van der Waals surface area contributed by atoms with Gasteiger partial charge < -0.3 is 9.47 Å². The van der Waals surface area contributed by atoms with Crippen molar-refractivity contribution >= 4 is 10.9 Å². The van der Waals surface area contributed by atoms with Gasteiger partial charge in [-0.2, -0.15) is 9.97 Å². The Kier molecular flexibility index (Phi) is 5.64. The van der Waals surface area contributed by atoms with Crippen LogP contribution in [0.15, 0.2) is 72.8 Å². The number of benzene rings is 3. The zero-order valence-electron chi connectivity index (χ0n) is 19.6. The van der Waals surface area contributed by atoms with Crippen LogP contribution in [-0.4, -0.2) is 9.97 Å². The van der Waals surface area contributed by atoms with Gasteiger partial charge in [0.15, 0.2) is 0 Å². The maximum Gasteiger partial charge on any atom is 0.325 e. The fourth-order valence-electron chi connectivity index (χ4n) is 3.41. The molecule has 0 aliphatic carbocycles. The lowest BCUT2D eigenvalue weighted by Gasteiger charge is -2.19. The van der Waals surface area contributed by atoms with Crippen LogP contribution in [0.3, 0.4) is 0 Å². The summed E-state index contributed by atoms with van der Waals surface area (Å²) in [6.07, 6.45) is 0. The van der Waals surface area contributed by atoms with Gasteiger partial charge in [-0.1, -0.05) is 77.9 Å². The highest BCUT2D eigenvalue weighted by atomic mass is 16.5. The summed E-state index contributed by atoms with van der Waals surface area (Å²) < 4.78 is 12.2. The van der Waals surface area contributed by atoms with E-state index in [1.807, 2.05) is 48.5 Å². The average Bonchev–Trinajstić information content (AvgIpc) is 2.73. The normalized spacial score (nSPS) is 12.1. The van der Waals surface area contributed by atoms with Crippen LogP contribution in [0.25, 0.3) is 10.9 Å². The number of rotatable bonds is 4. The molecule has 4 nitrogen and oxygen atoms in total. The number of ether oxygens (including phenoxy) is 2. The number of aromatic nitrogens is 2. The molecule has 0 saturated carbocycles. The highest BCUT2D eigenvalue weighted by molar-refractivity contribution is 5.84. The van der Waals surface area contributed by atoms with E-state index in [1.54, 1.807) is 0 Å². The molecule has 4 heteroatoms. The predicted octanol–water partition coefficient (Wildman–Crippen LogP) is 7.81. The van der Waals surface area contributed by atoms with Crippen molar-refractivity contribution in [1.82, 2.24) is 9.97 Å². The van der Waals surface area contributed by atoms with Gasteiger partial charge in [-0.25, -0.2) is 0 Å². The first-order chi connectivity index (χ1) is 15.1. The molecule has 1 heterocycles. The minimum Gasteiger partial charge on any atom is -0.438 e. The Hall–Kier alpha value is -3.40. The van der Waals surface area contributed by atoms with Crippen molar-refractivity contribution in [3.05, 3.63) is 83.9 Å². The highest BCUT2D eigenvalue weighted by Gasteiger charge is 2.16. The Bertz CT molecular complexity index is 1220. The quantitative estimate of drug-likeness (QED) is 0.334. The Morgan fingerprint density at radius 1 is 0.562 bits per heavy atom. The molecule has 4 rings (SSSR count). The fourth-order valence-corrected chi connectivity index (χ4v) is 3.41. The van der Waals surface area contributed by atoms with Crippen LogP contribution >= 0.6 is 0 Å². The molecule has 164 valence electrons. The van der Waals surface area contributed by atoms with Gasteiger partial charge >= 0.3 is 6.01 Å². The molecule has 0 unspecified atom stereocenters. The van der Waals surface area contributed by atoms with E-state index in [9.17, 15) is 0 Å². The van der Waals surface area contributed by atoms with Crippen LogP contribution in [0.4, 0.5) is 0 Å². The lowest BCUT2D eigenvalue weighted by Crippen LogP contribution is -2.10.